The van der Waals surface area contributed by atoms with Crippen molar-refractivity contribution < 1.29 is 14.6 Å². The number of carboxylic acid groups (broad SMARTS) is 1. The SMILES string of the molecule is O=C(O)CC1COc2c(Cl)cccc2N1. The molecule has 1 unspecified atom stereocenters. The molecule has 0 aromatic heterocycles. The molecule has 5 heteroatoms. The molecule has 1 heterocycles. The normalized spacial score (nSPS) is 18.6. The largest absolute Gasteiger partial charge is 0.488 e. The third-order valence-corrected chi connectivity index (χ3v) is 2.47. The van der Waals surface area contributed by atoms with Gasteiger partial charge >= 0.3 is 5.97 Å². The van der Waals surface area contributed by atoms with E-state index in [1.807, 2.05) is 6.07 Å². The average molecular weight is 228 g/mol. The zero-order valence-corrected chi connectivity index (χ0v) is 8.62. The van der Waals surface area contributed by atoms with Crippen molar-refractivity contribution in [1.82, 2.24) is 0 Å². The van der Waals surface area contributed by atoms with Crippen LogP contribution < -0.4 is 10.1 Å². The molecule has 1 aromatic rings. The van der Waals surface area contributed by atoms with Gasteiger partial charge in [0.25, 0.3) is 0 Å². The van der Waals surface area contributed by atoms with Crippen molar-refractivity contribution in [1.29, 1.82) is 0 Å². The highest BCUT2D eigenvalue weighted by Gasteiger charge is 2.22. The van der Waals surface area contributed by atoms with E-state index >= 15 is 0 Å². The van der Waals surface area contributed by atoms with Crippen LogP contribution in [0.2, 0.25) is 5.02 Å². The average Bonchev–Trinajstić information content (AvgIpc) is 2.17. The molecule has 4 nitrogen and oxygen atoms in total. The van der Waals surface area contributed by atoms with Crippen LogP contribution in [0.1, 0.15) is 6.42 Å². The van der Waals surface area contributed by atoms with E-state index in [-0.39, 0.29) is 12.5 Å². The summed E-state index contributed by atoms with van der Waals surface area (Å²) in [7, 11) is 0. The lowest BCUT2D eigenvalue weighted by atomic mass is 10.1. The monoisotopic (exact) mass is 227 g/mol. The second kappa shape index (κ2) is 3.98. The van der Waals surface area contributed by atoms with Gasteiger partial charge in [-0.3, -0.25) is 4.79 Å². The van der Waals surface area contributed by atoms with Crippen molar-refractivity contribution in [2.24, 2.45) is 0 Å². The van der Waals surface area contributed by atoms with Gasteiger partial charge in [0.15, 0.2) is 5.75 Å². The summed E-state index contributed by atoms with van der Waals surface area (Å²) >= 11 is 5.91. The highest BCUT2D eigenvalue weighted by Crippen LogP contribution is 2.36. The third kappa shape index (κ3) is 2.15. The van der Waals surface area contributed by atoms with Gasteiger partial charge in [-0.25, -0.2) is 0 Å². The molecule has 0 fully saturated rings. The predicted molar refractivity (Wildman–Crippen MR) is 56.6 cm³/mol. The molecule has 80 valence electrons. The number of rotatable bonds is 2. The minimum absolute atomic E-state index is 0.0337. The van der Waals surface area contributed by atoms with E-state index in [9.17, 15) is 4.79 Å². The molecule has 15 heavy (non-hydrogen) atoms. The van der Waals surface area contributed by atoms with Gasteiger partial charge in [0, 0.05) is 0 Å². The number of ether oxygens (including phenoxy) is 1. The third-order valence-electron chi connectivity index (χ3n) is 2.18. The van der Waals surface area contributed by atoms with Crippen molar-refractivity contribution in [2.75, 3.05) is 11.9 Å². The summed E-state index contributed by atoms with van der Waals surface area (Å²) in [6, 6.07) is 5.14. The number of hydrogen-bond donors (Lipinski definition) is 2. The molecule has 1 atom stereocenters. The zero-order valence-electron chi connectivity index (χ0n) is 7.87. The Kier molecular flexibility index (Phi) is 2.68. The van der Waals surface area contributed by atoms with Crippen molar-refractivity contribution in [3.63, 3.8) is 0 Å². The molecule has 2 rings (SSSR count). The second-order valence-electron chi connectivity index (χ2n) is 3.37. The van der Waals surface area contributed by atoms with Gasteiger partial charge in [-0.05, 0) is 12.1 Å². The molecule has 0 bridgehead atoms. The first kappa shape index (κ1) is 10.1. The summed E-state index contributed by atoms with van der Waals surface area (Å²) in [6.07, 6.45) is 0.0337. The van der Waals surface area contributed by atoms with Crippen LogP contribution in [0.4, 0.5) is 5.69 Å². The number of fused-ring (bicyclic) bond motifs is 1. The number of hydrogen-bond acceptors (Lipinski definition) is 3. The maximum Gasteiger partial charge on any atom is 0.305 e. The van der Waals surface area contributed by atoms with E-state index in [0.29, 0.717) is 17.4 Å². The smallest absolute Gasteiger partial charge is 0.305 e. The van der Waals surface area contributed by atoms with Crippen LogP contribution >= 0.6 is 11.6 Å². The van der Waals surface area contributed by atoms with Crippen molar-refractivity contribution >= 4 is 23.3 Å². The van der Waals surface area contributed by atoms with E-state index in [1.54, 1.807) is 12.1 Å². The van der Waals surface area contributed by atoms with Crippen LogP contribution in [0.5, 0.6) is 5.75 Å². The molecular formula is C10H10ClNO3. The Balaban J connectivity index is 2.17. The molecule has 0 saturated carbocycles. The van der Waals surface area contributed by atoms with Crippen LogP contribution in [-0.4, -0.2) is 23.7 Å². The van der Waals surface area contributed by atoms with Gasteiger partial charge in [0.1, 0.15) is 6.61 Å². The Morgan fingerprint density at radius 3 is 3.20 bits per heavy atom. The van der Waals surface area contributed by atoms with Crippen molar-refractivity contribution in [3.05, 3.63) is 23.2 Å². The van der Waals surface area contributed by atoms with Crippen LogP contribution in [-0.2, 0) is 4.79 Å². The fourth-order valence-electron chi connectivity index (χ4n) is 1.54. The lowest BCUT2D eigenvalue weighted by Gasteiger charge is -2.26. The molecule has 0 saturated heterocycles. The van der Waals surface area contributed by atoms with E-state index in [4.69, 9.17) is 21.4 Å². The minimum atomic E-state index is -0.846. The molecule has 0 aliphatic carbocycles. The number of para-hydroxylation sites is 1. The van der Waals surface area contributed by atoms with Crippen molar-refractivity contribution in [3.8, 4) is 5.75 Å². The molecule has 0 amide bonds. The summed E-state index contributed by atoms with van der Waals surface area (Å²) < 4.78 is 5.41. The van der Waals surface area contributed by atoms with Crippen LogP contribution in [0, 0.1) is 0 Å². The van der Waals surface area contributed by atoms with E-state index in [1.165, 1.54) is 0 Å². The fraction of sp³-hybridized carbons (Fsp3) is 0.300. The Hall–Kier alpha value is -1.42. The highest BCUT2D eigenvalue weighted by molar-refractivity contribution is 6.32. The summed E-state index contributed by atoms with van der Waals surface area (Å²) in [5.41, 5.74) is 0.750. The summed E-state index contributed by atoms with van der Waals surface area (Å²) in [4.78, 5) is 10.5. The minimum Gasteiger partial charge on any atom is -0.488 e. The predicted octanol–water partition coefficient (Wildman–Crippen LogP) is 1.99. The van der Waals surface area contributed by atoms with Crippen LogP contribution in [0.15, 0.2) is 18.2 Å². The number of carbonyl (C=O) groups is 1. The standard InChI is InChI=1S/C10H10ClNO3/c11-7-2-1-3-8-10(7)15-5-6(12-8)4-9(13)14/h1-3,6,12H,4-5H2,(H,13,14). The number of halogens is 1. The molecule has 1 aromatic carbocycles. The maximum absolute atomic E-state index is 10.5. The number of anilines is 1. The second-order valence-corrected chi connectivity index (χ2v) is 3.77. The summed E-state index contributed by atoms with van der Waals surface area (Å²) in [6.45, 7) is 0.322. The van der Waals surface area contributed by atoms with E-state index in [2.05, 4.69) is 5.32 Å². The Bertz CT molecular complexity index is 394. The Morgan fingerprint density at radius 2 is 2.47 bits per heavy atom. The summed E-state index contributed by atoms with van der Waals surface area (Å²) in [5, 5.41) is 12.3. The van der Waals surface area contributed by atoms with Gasteiger partial charge in [-0.2, -0.15) is 0 Å². The Morgan fingerprint density at radius 1 is 1.67 bits per heavy atom. The topological polar surface area (TPSA) is 58.6 Å². The molecule has 2 N–H and O–H groups in total. The number of benzene rings is 1. The quantitative estimate of drug-likeness (QED) is 0.811. The summed E-state index contributed by atoms with van der Waals surface area (Å²) in [5.74, 6) is -0.248. The highest BCUT2D eigenvalue weighted by atomic mass is 35.5. The van der Waals surface area contributed by atoms with Crippen molar-refractivity contribution in [2.45, 2.75) is 12.5 Å². The molecule has 0 radical (unpaired) electrons. The lowest BCUT2D eigenvalue weighted by molar-refractivity contribution is -0.137. The number of carboxylic acids is 1. The fourth-order valence-corrected chi connectivity index (χ4v) is 1.76. The van der Waals surface area contributed by atoms with Gasteiger partial charge < -0.3 is 15.2 Å². The van der Waals surface area contributed by atoms with Gasteiger partial charge in [0.05, 0.1) is 23.2 Å². The molecule has 1 aliphatic rings. The van der Waals surface area contributed by atoms with Crippen LogP contribution in [0.3, 0.4) is 0 Å². The molecule has 0 spiro atoms. The van der Waals surface area contributed by atoms with E-state index < -0.39 is 5.97 Å². The molecular weight excluding hydrogens is 218 g/mol. The number of aliphatic carboxylic acids is 1. The number of nitrogens with one attached hydrogen (secondary N) is 1. The first-order valence-electron chi connectivity index (χ1n) is 4.56. The van der Waals surface area contributed by atoms with Gasteiger partial charge in [0.2, 0.25) is 0 Å². The molecule has 1 aliphatic heterocycles. The van der Waals surface area contributed by atoms with Gasteiger partial charge in [-0.15, -0.1) is 0 Å². The zero-order chi connectivity index (χ0) is 10.8. The van der Waals surface area contributed by atoms with Crippen LogP contribution in [0.25, 0.3) is 0 Å². The first-order valence-corrected chi connectivity index (χ1v) is 4.94. The first-order chi connectivity index (χ1) is 7.16. The Labute approximate surface area is 91.8 Å². The van der Waals surface area contributed by atoms with E-state index in [0.717, 1.165) is 5.69 Å². The maximum atomic E-state index is 10.5. The van der Waals surface area contributed by atoms with Gasteiger partial charge in [-0.1, -0.05) is 17.7 Å². The lowest BCUT2D eigenvalue weighted by Crippen LogP contribution is -2.33.